The number of benzene rings is 1. The molecular formula is C16H20N2O4S3. The molecule has 6 nitrogen and oxygen atoms in total. The Morgan fingerprint density at radius 3 is 2.52 bits per heavy atom. The van der Waals surface area contributed by atoms with E-state index in [0.717, 1.165) is 17.5 Å². The van der Waals surface area contributed by atoms with Gasteiger partial charge in [0.1, 0.15) is 4.21 Å². The summed E-state index contributed by atoms with van der Waals surface area (Å²) in [6, 6.07) is 8.00. The van der Waals surface area contributed by atoms with Crippen LogP contribution in [0.2, 0.25) is 0 Å². The second kappa shape index (κ2) is 7.16. The van der Waals surface area contributed by atoms with Crippen LogP contribution < -0.4 is 9.44 Å². The summed E-state index contributed by atoms with van der Waals surface area (Å²) in [5.41, 5.74) is 1.85. The van der Waals surface area contributed by atoms with Crippen molar-refractivity contribution in [3.8, 4) is 0 Å². The Labute approximate surface area is 152 Å². The van der Waals surface area contributed by atoms with E-state index in [1.54, 1.807) is 35.7 Å². The van der Waals surface area contributed by atoms with Crippen molar-refractivity contribution in [3.63, 3.8) is 0 Å². The molecule has 0 aliphatic heterocycles. The van der Waals surface area contributed by atoms with Crippen LogP contribution >= 0.6 is 11.3 Å². The Balaban J connectivity index is 1.75. The number of sulfonamides is 2. The van der Waals surface area contributed by atoms with Gasteiger partial charge in [-0.3, -0.25) is 0 Å². The molecule has 1 heterocycles. The molecule has 2 aromatic rings. The third-order valence-corrected chi connectivity index (χ3v) is 8.42. The molecule has 0 fully saturated rings. The predicted molar refractivity (Wildman–Crippen MR) is 97.8 cm³/mol. The van der Waals surface area contributed by atoms with Crippen LogP contribution in [0.4, 0.5) is 0 Å². The Bertz CT molecular complexity index is 951. The van der Waals surface area contributed by atoms with E-state index in [0.29, 0.717) is 19.4 Å². The average Bonchev–Trinajstić information content (AvgIpc) is 3.21. The molecule has 0 saturated heterocycles. The summed E-state index contributed by atoms with van der Waals surface area (Å²) < 4.78 is 54.7. The molecule has 1 aliphatic rings. The van der Waals surface area contributed by atoms with Gasteiger partial charge in [-0.25, -0.2) is 26.3 Å². The van der Waals surface area contributed by atoms with Crippen molar-refractivity contribution in [1.82, 2.24) is 9.44 Å². The van der Waals surface area contributed by atoms with Crippen molar-refractivity contribution >= 4 is 31.4 Å². The molecule has 2 N–H and O–H groups in total. The maximum atomic E-state index is 12.3. The third-order valence-electron chi connectivity index (χ3n) is 4.04. The second-order valence-electron chi connectivity index (χ2n) is 5.99. The van der Waals surface area contributed by atoms with Gasteiger partial charge in [-0.2, -0.15) is 0 Å². The maximum absolute atomic E-state index is 12.3. The van der Waals surface area contributed by atoms with Gasteiger partial charge in [0.15, 0.2) is 0 Å². The van der Waals surface area contributed by atoms with Gasteiger partial charge in [-0.15, -0.1) is 11.3 Å². The number of fused-ring (bicyclic) bond motifs is 1. The van der Waals surface area contributed by atoms with E-state index in [9.17, 15) is 16.8 Å². The van der Waals surface area contributed by atoms with E-state index in [1.165, 1.54) is 11.3 Å². The van der Waals surface area contributed by atoms with Crippen LogP contribution in [0.25, 0.3) is 0 Å². The highest BCUT2D eigenvalue weighted by Crippen LogP contribution is 2.27. The molecule has 0 saturated carbocycles. The van der Waals surface area contributed by atoms with Crippen LogP contribution in [0.3, 0.4) is 0 Å². The van der Waals surface area contributed by atoms with Crippen LogP contribution in [0.1, 0.15) is 24.5 Å². The minimum Gasteiger partial charge on any atom is -0.211 e. The quantitative estimate of drug-likeness (QED) is 0.742. The van der Waals surface area contributed by atoms with Crippen LogP contribution in [-0.2, 0) is 32.9 Å². The largest absolute Gasteiger partial charge is 0.250 e. The predicted octanol–water partition coefficient (Wildman–Crippen LogP) is 1.88. The zero-order valence-electron chi connectivity index (χ0n) is 13.7. The van der Waals surface area contributed by atoms with Crippen LogP contribution in [0, 0.1) is 0 Å². The fraction of sp³-hybridized carbons (Fsp3) is 0.375. The lowest BCUT2D eigenvalue weighted by molar-refractivity contribution is 0.557. The van der Waals surface area contributed by atoms with Gasteiger partial charge in [0.05, 0.1) is 4.90 Å². The molecular weight excluding hydrogens is 380 g/mol. The molecule has 0 bridgehead atoms. The van der Waals surface area contributed by atoms with Crippen LogP contribution in [-0.4, -0.2) is 29.4 Å². The summed E-state index contributed by atoms with van der Waals surface area (Å²) in [6.45, 7) is 2.29. The highest BCUT2D eigenvalue weighted by atomic mass is 32.2. The topological polar surface area (TPSA) is 92.3 Å². The average molecular weight is 401 g/mol. The smallest absolute Gasteiger partial charge is 0.211 e. The lowest BCUT2D eigenvalue weighted by Gasteiger charge is -2.11. The number of hydrogen-bond acceptors (Lipinski definition) is 5. The van der Waals surface area contributed by atoms with Crippen molar-refractivity contribution in [3.05, 3.63) is 46.8 Å². The minimum atomic E-state index is -3.53. The summed E-state index contributed by atoms with van der Waals surface area (Å²) >= 11 is 1.17. The Morgan fingerprint density at radius 2 is 1.84 bits per heavy atom. The van der Waals surface area contributed by atoms with E-state index in [1.807, 2.05) is 6.92 Å². The van der Waals surface area contributed by atoms with E-state index in [-0.39, 0.29) is 15.1 Å². The number of rotatable bonds is 7. The Hall–Kier alpha value is -1.26. The normalized spacial score (nSPS) is 17.6. The third kappa shape index (κ3) is 4.12. The highest BCUT2D eigenvalue weighted by molar-refractivity contribution is 7.91. The van der Waals surface area contributed by atoms with Crippen molar-refractivity contribution in [1.29, 1.82) is 0 Å². The lowest BCUT2D eigenvalue weighted by Crippen LogP contribution is -2.34. The molecule has 1 aromatic heterocycles. The first kappa shape index (κ1) is 18.5. The summed E-state index contributed by atoms with van der Waals surface area (Å²) in [7, 11) is -7.05. The SMILES string of the molecule is CCCNS(=O)(=O)c1ccc2c(c1)CC(NS(=O)(=O)c1cccs1)C2. The molecule has 1 unspecified atom stereocenters. The molecule has 9 heteroatoms. The molecule has 0 amide bonds. The summed E-state index contributed by atoms with van der Waals surface area (Å²) in [5.74, 6) is 0. The molecule has 1 atom stereocenters. The molecule has 1 aromatic carbocycles. The summed E-state index contributed by atoms with van der Waals surface area (Å²) in [6.07, 6.45) is 1.76. The van der Waals surface area contributed by atoms with Crippen LogP contribution in [0.15, 0.2) is 44.8 Å². The Morgan fingerprint density at radius 1 is 1.08 bits per heavy atom. The first-order chi connectivity index (χ1) is 11.8. The maximum Gasteiger partial charge on any atom is 0.250 e. The lowest BCUT2D eigenvalue weighted by atomic mass is 10.1. The van der Waals surface area contributed by atoms with Gasteiger partial charge in [0, 0.05) is 12.6 Å². The fourth-order valence-electron chi connectivity index (χ4n) is 2.86. The van der Waals surface area contributed by atoms with Crippen molar-refractivity contribution in [2.24, 2.45) is 0 Å². The fourth-order valence-corrected chi connectivity index (χ4v) is 6.29. The molecule has 25 heavy (non-hydrogen) atoms. The number of nitrogens with one attached hydrogen (secondary N) is 2. The molecule has 0 radical (unpaired) electrons. The summed E-state index contributed by atoms with van der Waals surface area (Å²) in [5, 5.41) is 1.72. The Kier molecular flexibility index (Phi) is 5.31. The zero-order chi connectivity index (χ0) is 18.1. The van der Waals surface area contributed by atoms with Gasteiger partial charge in [0.2, 0.25) is 20.0 Å². The molecule has 3 rings (SSSR count). The standard InChI is InChI=1S/C16H20N2O4S3/c1-2-7-17-24(19,20)15-6-5-12-9-14(10-13(12)11-15)18-25(21,22)16-4-3-8-23-16/h3-6,8,11,14,17-18H,2,7,9-10H2,1H3. The van der Waals surface area contributed by atoms with Crippen LogP contribution in [0.5, 0.6) is 0 Å². The van der Waals surface area contributed by atoms with Crippen molar-refractivity contribution < 1.29 is 16.8 Å². The highest BCUT2D eigenvalue weighted by Gasteiger charge is 2.28. The first-order valence-corrected chi connectivity index (χ1v) is 11.8. The minimum absolute atomic E-state index is 0.224. The van der Waals surface area contributed by atoms with Crippen molar-refractivity contribution in [2.45, 2.75) is 41.3 Å². The zero-order valence-corrected chi connectivity index (χ0v) is 16.2. The van der Waals surface area contributed by atoms with E-state index in [4.69, 9.17) is 0 Å². The van der Waals surface area contributed by atoms with Gasteiger partial charge >= 0.3 is 0 Å². The molecule has 0 spiro atoms. The number of hydrogen-bond donors (Lipinski definition) is 2. The van der Waals surface area contributed by atoms with Gasteiger partial charge in [-0.1, -0.05) is 19.1 Å². The van der Waals surface area contributed by atoms with Crippen molar-refractivity contribution in [2.75, 3.05) is 6.54 Å². The van der Waals surface area contributed by atoms with E-state index >= 15 is 0 Å². The molecule has 1 aliphatic carbocycles. The van der Waals surface area contributed by atoms with Gasteiger partial charge in [-0.05, 0) is 54.0 Å². The second-order valence-corrected chi connectivity index (χ2v) is 10.6. The van der Waals surface area contributed by atoms with Gasteiger partial charge < -0.3 is 0 Å². The number of thiophene rings is 1. The molecule has 136 valence electrons. The first-order valence-electron chi connectivity index (χ1n) is 7.99. The monoisotopic (exact) mass is 400 g/mol. The van der Waals surface area contributed by atoms with E-state index in [2.05, 4.69) is 9.44 Å². The van der Waals surface area contributed by atoms with E-state index < -0.39 is 20.0 Å². The van der Waals surface area contributed by atoms with Gasteiger partial charge in [0.25, 0.3) is 0 Å². The summed E-state index contributed by atoms with van der Waals surface area (Å²) in [4.78, 5) is 0.224.